The Morgan fingerprint density at radius 2 is 2.26 bits per heavy atom. The first-order chi connectivity index (χ1) is 13.1. The molecule has 0 spiro atoms. The van der Waals surface area contributed by atoms with Crippen molar-refractivity contribution >= 4 is 34.5 Å². The molecule has 0 saturated carbocycles. The van der Waals surface area contributed by atoms with Crippen molar-refractivity contribution in [1.29, 1.82) is 0 Å². The van der Waals surface area contributed by atoms with E-state index >= 15 is 0 Å². The summed E-state index contributed by atoms with van der Waals surface area (Å²) in [4.78, 5) is 27.9. The van der Waals surface area contributed by atoms with Crippen molar-refractivity contribution in [3.05, 3.63) is 54.4 Å². The minimum absolute atomic E-state index is 0.0767. The second kappa shape index (κ2) is 6.87. The molecule has 4 N–H and O–H groups in total. The van der Waals surface area contributed by atoms with E-state index in [1.54, 1.807) is 35.2 Å². The van der Waals surface area contributed by atoms with E-state index in [9.17, 15) is 4.79 Å². The average molecular weight is 362 g/mol. The number of anilines is 1. The highest BCUT2D eigenvalue weighted by molar-refractivity contribution is 5.93. The number of nitrogens with two attached hydrogens (primary N) is 1. The number of hydrogen-bond acceptors (Lipinski definition) is 6. The minimum atomic E-state index is -0.266. The van der Waals surface area contributed by atoms with Crippen LogP contribution in [0.1, 0.15) is 29.7 Å². The first-order valence-corrected chi connectivity index (χ1v) is 8.48. The Bertz CT molecular complexity index is 1110. The maximum Gasteiger partial charge on any atom is 0.287 e. The molecule has 0 bridgehead atoms. The van der Waals surface area contributed by atoms with E-state index < -0.39 is 0 Å². The van der Waals surface area contributed by atoms with Gasteiger partial charge in [0.05, 0.1) is 29.3 Å². The van der Waals surface area contributed by atoms with Gasteiger partial charge in [-0.15, -0.1) is 0 Å². The number of aromatic amines is 1. The van der Waals surface area contributed by atoms with Crippen LogP contribution < -0.4 is 11.1 Å². The number of amides is 1. The number of nitrogens with zero attached hydrogens (tertiary/aromatic N) is 5. The molecule has 0 aromatic carbocycles. The number of carbonyl (C=O) groups is 1. The molecule has 0 aliphatic carbocycles. The molecule has 4 aromatic heterocycles. The van der Waals surface area contributed by atoms with Crippen LogP contribution in [0.15, 0.2) is 42.9 Å². The van der Waals surface area contributed by atoms with Crippen molar-refractivity contribution in [2.75, 3.05) is 5.73 Å². The van der Waals surface area contributed by atoms with Gasteiger partial charge in [0, 0.05) is 12.2 Å². The SMILES string of the molecule is C[C@@H](C/C=C/c1cnc2c(N)ccnn12)NC(=O)c1nc2ncccc2[nH]1. The Hall–Kier alpha value is -3.75. The van der Waals surface area contributed by atoms with Gasteiger partial charge in [0.15, 0.2) is 17.1 Å². The highest BCUT2D eigenvalue weighted by atomic mass is 16.2. The Morgan fingerprint density at radius 3 is 3.11 bits per heavy atom. The molecule has 0 unspecified atom stereocenters. The summed E-state index contributed by atoms with van der Waals surface area (Å²) in [6.45, 7) is 1.92. The second-order valence-corrected chi connectivity index (χ2v) is 6.18. The van der Waals surface area contributed by atoms with Crippen molar-refractivity contribution in [2.45, 2.75) is 19.4 Å². The molecule has 136 valence electrons. The van der Waals surface area contributed by atoms with Crippen molar-refractivity contribution in [3.63, 3.8) is 0 Å². The van der Waals surface area contributed by atoms with Crippen LogP contribution in [0.4, 0.5) is 5.69 Å². The van der Waals surface area contributed by atoms with E-state index in [0.29, 0.717) is 23.4 Å². The molecule has 4 heterocycles. The number of hydrogen-bond donors (Lipinski definition) is 3. The Kier molecular flexibility index (Phi) is 4.25. The third kappa shape index (κ3) is 3.34. The molecule has 4 rings (SSSR count). The largest absolute Gasteiger partial charge is 0.396 e. The van der Waals surface area contributed by atoms with E-state index in [2.05, 4.69) is 30.4 Å². The fourth-order valence-electron chi connectivity index (χ4n) is 2.74. The van der Waals surface area contributed by atoms with Gasteiger partial charge < -0.3 is 16.0 Å². The van der Waals surface area contributed by atoms with Crippen LogP contribution in [-0.4, -0.2) is 41.5 Å². The van der Waals surface area contributed by atoms with Crippen LogP contribution in [0.2, 0.25) is 0 Å². The minimum Gasteiger partial charge on any atom is -0.396 e. The van der Waals surface area contributed by atoms with Crippen LogP contribution in [0.25, 0.3) is 22.9 Å². The summed E-state index contributed by atoms with van der Waals surface area (Å²) in [6.07, 6.45) is 9.48. The van der Waals surface area contributed by atoms with Gasteiger partial charge in [-0.25, -0.2) is 19.5 Å². The number of pyridine rings is 1. The summed E-state index contributed by atoms with van der Waals surface area (Å²) < 4.78 is 1.68. The van der Waals surface area contributed by atoms with Gasteiger partial charge in [-0.05, 0) is 37.6 Å². The lowest BCUT2D eigenvalue weighted by molar-refractivity contribution is 0.0931. The van der Waals surface area contributed by atoms with Crippen LogP contribution >= 0.6 is 0 Å². The fraction of sp³-hybridized carbons (Fsp3) is 0.167. The molecule has 0 radical (unpaired) electrons. The lowest BCUT2D eigenvalue weighted by Crippen LogP contribution is -2.32. The molecular formula is C18H18N8O. The van der Waals surface area contributed by atoms with E-state index in [1.807, 2.05) is 25.1 Å². The Morgan fingerprint density at radius 1 is 1.37 bits per heavy atom. The molecule has 9 heteroatoms. The second-order valence-electron chi connectivity index (χ2n) is 6.18. The predicted octanol–water partition coefficient (Wildman–Crippen LogP) is 1.80. The maximum absolute atomic E-state index is 12.3. The molecule has 1 atom stereocenters. The third-order valence-corrected chi connectivity index (χ3v) is 4.09. The van der Waals surface area contributed by atoms with Gasteiger partial charge in [0.2, 0.25) is 0 Å². The van der Waals surface area contributed by atoms with Gasteiger partial charge in [0.25, 0.3) is 5.91 Å². The molecule has 1 amide bonds. The monoisotopic (exact) mass is 362 g/mol. The quantitative estimate of drug-likeness (QED) is 0.497. The summed E-state index contributed by atoms with van der Waals surface area (Å²) >= 11 is 0. The third-order valence-electron chi connectivity index (χ3n) is 4.09. The van der Waals surface area contributed by atoms with Crippen molar-refractivity contribution in [1.82, 2.24) is 34.9 Å². The Balaban J connectivity index is 1.40. The number of fused-ring (bicyclic) bond motifs is 2. The number of H-pyrrole nitrogens is 1. The van der Waals surface area contributed by atoms with Crippen molar-refractivity contribution in [2.24, 2.45) is 0 Å². The fourth-order valence-corrected chi connectivity index (χ4v) is 2.74. The smallest absolute Gasteiger partial charge is 0.287 e. The van der Waals surface area contributed by atoms with Gasteiger partial charge in [-0.2, -0.15) is 5.10 Å². The lowest BCUT2D eigenvalue weighted by Gasteiger charge is -2.10. The van der Waals surface area contributed by atoms with Crippen molar-refractivity contribution in [3.8, 4) is 0 Å². The van der Waals surface area contributed by atoms with Crippen LogP contribution in [0.5, 0.6) is 0 Å². The molecule has 0 saturated heterocycles. The molecule has 0 aliphatic heterocycles. The topological polar surface area (TPSA) is 127 Å². The molecule has 9 nitrogen and oxygen atoms in total. The lowest BCUT2D eigenvalue weighted by atomic mass is 10.2. The standard InChI is InChI=1S/C18H18N8O/c1-11(23-18(27)16-24-14-6-3-8-20-15(14)25-16)4-2-5-12-10-21-17-13(19)7-9-22-26(12)17/h2-3,5-11H,4,19H2,1H3,(H,23,27)(H,20,24,25)/b5-2+/t11-/m0/s1. The summed E-state index contributed by atoms with van der Waals surface area (Å²) in [5.41, 5.74) is 9.15. The average Bonchev–Trinajstić information content (AvgIpc) is 3.27. The Labute approximate surface area is 154 Å². The van der Waals surface area contributed by atoms with E-state index in [4.69, 9.17) is 5.73 Å². The number of rotatable bonds is 5. The van der Waals surface area contributed by atoms with Gasteiger partial charge in [-0.1, -0.05) is 6.08 Å². The molecule has 27 heavy (non-hydrogen) atoms. The first kappa shape index (κ1) is 16.7. The summed E-state index contributed by atoms with van der Waals surface area (Å²) in [5, 5.41) is 7.16. The number of imidazole rings is 2. The van der Waals surface area contributed by atoms with Crippen LogP contribution in [-0.2, 0) is 0 Å². The van der Waals surface area contributed by atoms with Gasteiger partial charge >= 0.3 is 0 Å². The maximum atomic E-state index is 12.3. The normalized spacial score (nSPS) is 12.8. The molecule has 0 aliphatic rings. The predicted molar refractivity (Wildman–Crippen MR) is 102 cm³/mol. The van der Waals surface area contributed by atoms with Crippen molar-refractivity contribution < 1.29 is 4.79 Å². The number of nitrogens with one attached hydrogen (secondary N) is 2. The zero-order valence-corrected chi connectivity index (χ0v) is 14.6. The molecule has 4 aromatic rings. The zero-order chi connectivity index (χ0) is 18.8. The van der Waals surface area contributed by atoms with E-state index in [-0.39, 0.29) is 17.8 Å². The summed E-state index contributed by atoms with van der Waals surface area (Å²) in [5.74, 6) is -0.0147. The highest BCUT2D eigenvalue weighted by Gasteiger charge is 2.13. The number of nitrogen functional groups attached to an aromatic ring is 1. The first-order valence-electron chi connectivity index (χ1n) is 8.48. The van der Waals surface area contributed by atoms with E-state index in [0.717, 1.165) is 11.2 Å². The van der Waals surface area contributed by atoms with Gasteiger partial charge in [-0.3, -0.25) is 4.79 Å². The molecular weight excluding hydrogens is 344 g/mol. The van der Waals surface area contributed by atoms with Crippen LogP contribution in [0.3, 0.4) is 0 Å². The highest BCUT2D eigenvalue weighted by Crippen LogP contribution is 2.13. The summed E-state index contributed by atoms with van der Waals surface area (Å²) in [6, 6.07) is 5.25. The van der Waals surface area contributed by atoms with Crippen LogP contribution in [0, 0.1) is 0 Å². The molecule has 0 fully saturated rings. The van der Waals surface area contributed by atoms with Gasteiger partial charge in [0.1, 0.15) is 0 Å². The summed E-state index contributed by atoms with van der Waals surface area (Å²) in [7, 11) is 0. The number of carbonyl (C=O) groups excluding carboxylic acids is 1. The zero-order valence-electron chi connectivity index (χ0n) is 14.6. The number of aromatic nitrogens is 6. The van der Waals surface area contributed by atoms with E-state index in [1.165, 1.54) is 0 Å².